The third-order valence-corrected chi connectivity index (χ3v) is 6.15. The number of carbonyl (C=O) groups is 1. The summed E-state index contributed by atoms with van der Waals surface area (Å²) in [5.74, 6) is -1.35. The van der Waals surface area contributed by atoms with Gasteiger partial charge < -0.3 is 10.2 Å². The second-order valence-corrected chi connectivity index (χ2v) is 8.77. The normalized spacial score (nSPS) is 11.1. The van der Waals surface area contributed by atoms with E-state index in [1.165, 1.54) is 48.5 Å². The van der Waals surface area contributed by atoms with Crippen molar-refractivity contribution in [3.63, 3.8) is 0 Å². The minimum absolute atomic E-state index is 0.0937. The summed E-state index contributed by atoms with van der Waals surface area (Å²) in [6.07, 6.45) is 0.593. The van der Waals surface area contributed by atoms with Gasteiger partial charge in [0.25, 0.3) is 15.9 Å². The van der Waals surface area contributed by atoms with Gasteiger partial charge in [-0.15, -0.1) is 0 Å². The van der Waals surface area contributed by atoms with Gasteiger partial charge >= 0.3 is 0 Å². The fourth-order valence-corrected chi connectivity index (χ4v) is 4.10. The van der Waals surface area contributed by atoms with Gasteiger partial charge in [0.2, 0.25) is 0 Å². The highest BCUT2D eigenvalue weighted by Gasteiger charge is 2.17. The van der Waals surface area contributed by atoms with Crippen LogP contribution in [0.25, 0.3) is 0 Å². The first-order valence-electron chi connectivity index (χ1n) is 9.89. The summed E-state index contributed by atoms with van der Waals surface area (Å²) < 4.78 is 54.6. The second kappa shape index (κ2) is 10.2. The molecule has 9 heteroatoms. The van der Waals surface area contributed by atoms with Gasteiger partial charge in [0, 0.05) is 25.7 Å². The van der Waals surface area contributed by atoms with Crippen LogP contribution in [-0.4, -0.2) is 34.5 Å². The topological polar surface area (TPSA) is 78.5 Å². The molecule has 0 bridgehead atoms. The molecule has 0 atom stereocenters. The van der Waals surface area contributed by atoms with Crippen LogP contribution < -0.4 is 14.9 Å². The molecule has 1 amide bonds. The third kappa shape index (κ3) is 5.82. The number of amides is 1. The molecular weight excluding hydrogens is 436 g/mol. The van der Waals surface area contributed by atoms with Crippen molar-refractivity contribution in [1.29, 1.82) is 0 Å². The summed E-state index contributed by atoms with van der Waals surface area (Å²) in [5, 5.41) is 2.75. The molecule has 0 spiro atoms. The maximum atomic E-state index is 13.8. The predicted octanol–water partition coefficient (Wildman–Crippen LogP) is 4.02. The number of carbonyl (C=O) groups excluding carboxylic acids is 1. The number of para-hydroxylation sites is 2. The van der Waals surface area contributed by atoms with Crippen molar-refractivity contribution in [2.45, 2.75) is 11.3 Å². The lowest BCUT2D eigenvalue weighted by atomic mass is 10.2. The maximum absolute atomic E-state index is 13.8. The Kier molecular flexibility index (Phi) is 7.42. The number of sulfonamides is 1. The molecule has 2 N–H and O–H groups in total. The van der Waals surface area contributed by atoms with Crippen molar-refractivity contribution in [3.8, 4) is 0 Å². The highest BCUT2D eigenvalue weighted by molar-refractivity contribution is 7.92. The molecule has 0 heterocycles. The van der Waals surface area contributed by atoms with Crippen LogP contribution in [0.2, 0.25) is 0 Å². The molecule has 3 aromatic carbocycles. The zero-order chi connectivity index (χ0) is 23.1. The molecule has 0 radical (unpaired) electrons. The van der Waals surface area contributed by atoms with Crippen LogP contribution in [0, 0.1) is 11.6 Å². The summed E-state index contributed by atoms with van der Waals surface area (Å²) in [7, 11) is -2.22. The molecule has 32 heavy (non-hydrogen) atoms. The zero-order valence-corrected chi connectivity index (χ0v) is 18.2. The minimum Gasteiger partial charge on any atom is -0.372 e. The Morgan fingerprint density at radius 1 is 0.906 bits per heavy atom. The molecule has 168 valence electrons. The Hall–Kier alpha value is -3.46. The van der Waals surface area contributed by atoms with Crippen molar-refractivity contribution >= 4 is 27.3 Å². The van der Waals surface area contributed by atoms with E-state index in [0.29, 0.717) is 25.2 Å². The zero-order valence-electron chi connectivity index (χ0n) is 17.4. The van der Waals surface area contributed by atoms with Gasteiger partial charge in [0.1, 0.15) is 11.6 Å². The molecule has 3 rings (SSSR count). The molecule has 0 aliphatic heterocycles. The number of nitrogens with one attached hydrogen (secondary N) is 2. The first kappa shape index (κ1) is 23.2. The van der Waals surface area contributed by atoms with Crippen LogP contribution in [0.15, 0.2) is 77.7 Å². The van der Waals surface area contributed by atoms with Gasteiger partial charge in [-0.2, -0.15) is 0 Å². The van der Waals surface area contributed by atoms with E-state index in [1.807, 2.05) is 0 Å². The van der Waals surface area contributed by atoms with Gasteiger partial charge in [-0.25, -0.2) is 17.2 Å². The van der Waals surface area contributed by atoms with Crippen molar-refractivity contribution in [2.75, 3.05) is 29.8 Å². The SMILES string of the molecule is CN(CCCNC(=O)c1ccc(S(=O)(=O)Nc2ccccc2F)cc1)c1ccccc1F. The van der Waals surface area contributed by atoms with E-state index < -0.39 is 15.8 Å². The van der Waals surface area contributed by atoms with E-state index in [1.54, 1.807) is 30.1 Å². The number of benzene rings is 3. The Balaban J connectivity index is 1.52. The van der Waals surface area contributed by atoms with Gasteiger partial charge in [-0.3, -0.25) is 9.52 Å². The second-order valence-electron chi connectivity index (χ2n) is 7.09. The van der Waals surface area contributed by atoms with E-state index >= 15 is 0 Å². The van der Waals surface area contributed by atoms with E-state index in [4.69, 9.17) is 0 Å². The van der Waals surface area contributed by atoms with Crippen LogP contribution in [0.3, 0.4) is 0 Å². The Bertz CT molecular complexity index is 1190. The molecule has 0 unspecified atom stereocenters. The maximum Gasteiger partial charge on any atom is 0.261 e. The lowest BCUT2D eigenvalue weighted by molar-refractivity contribution is 0.0953. The number of hydrogen-bond donors (Lipinski definition) is 2. The van der Waals surface area contributed by atoms with Crippen LogP contribution in [0.1, 0.15) is 16.8 Å². The number of anilines is 2. The van der Waals surface area contributed by atoms with E-state index in [2.05, 4.69) is 10.0 Å². The van der Waals surface area contributed by atoms with Crippen LogP contribution in [0.5, 0.6) is 0 Å². The Morgan fingerprint density at radius 3 is 2.19 bits per heavy atom. The molecule has 0 aliphatic carbocycles. The average Bonchev–Trinajstić information content (AvgIpc) is 2.78. The van der Waals surface area contributed by atoms with E-state index in [-0.39, 0.29) is 27.9 Å². The number of nitrogens with zero attached hydrogens (tertiary/aromatic N) is 1. The lowest BCUT2D eigenvalue weighted by Gasteiger charge is -2.19. The number of halogens is 2. The van der Waals surface area contributed by atoms with Crippen molar-refractivity contribution in [3.05, 3.63) is 90.0 Å². The Labute approximate surface area is 185 Å². The molecule has 6 nitrogen and oxygen atoms in total. The first-order valence-corrected chi connectivity index (χ1v) is 11.4. The predicted molar refractivity (Wildman–Crippen MR) is 120 cm³/mol. The smallest absolute Gasteiger partial charge is 0.261 e. The summed E-state index contributed by atoms with van der Waals surface area (Å²) in [6, 6.07) is 17.2. The monoisotopic (exact) mass is 459 g/mol. The van der Waals surface area contributed by atoms with Gasteiger partial charge in [-0.05, 0) is 55.0 Å². The van der Waals surface area contributed by atoms with E-state index in [9.17, 15) is 22.0 Å². The summed E-state index contributed by atoms with van der Waals surface area (Å²) in [6.45, 7) is 0.909. The molecule has 0 saturated carbocycles. The molecular formula is C23H23F2N3O3S. The van der Waals surface area contributed by atoms with Crippen LogP contribution in [0.4, 0.5) is 20.2 Å². The highest BCUT2D eigenvalue weighted by atomic mass is 32.2. The molecule has 0 aliphatic rings. The average molecular weight is 460 g/mol. The van der Waals surface area contributed by atoms with Gasteiger partial charge in [0.05, 0.1) is 16.3 Å². The highest BCUT2D eigenvalue weighted by Crippen LogP contribution is 2.19. The number of hydrogen-bond acceptors (Lipinski definition) is 4. The largest absolute Gasteiger partial charge is 0.372 e. The van der Waals surface area contributed by atoms with Crippen LogP contribution in [-0.2, 0) is 10.0 Å². The molecule has 0 fully saturated rings. The van der Waals surface area contributed by atoms with Crippen molar-refractivity contribution < 1.29 is 22.0 Å². The third-order valence-electron chi connectivity index (χ3n) is 4.76. The van der Waals surface area contributed by atoms with Gasteiger partial charge in [0.15, 0.2) is 0 Å². The summed E-state index contributed by atoms with van der Waals surface area (Å²) in [5.41, 5.74) is 0.617. The van der Waals surface area contributed by atoms with Gasteiger partial charge in [-0.1, -0.05) is 24.3 Å². The van der Waals surface area contributed by atoms with Crippen molar-refractivity contribution in [1.82, 2.24) is 5.32 Å². The quantitative estimate of drug-likeness (QED) is 0.474. The fourth-order valence-electron chi connectivity index (χ4n) is 3.04. The molecule has 0 aromatic heterocycles. The molecule has 3 aromatic rings. The number of rotatable bonds is 9. The lowest BCUT2D eigenvalue weighted by Crippen LogP contribution is -2.28. The molecule has 0 saturated heterocycles. The minimum atomic E-state index is -4.00. The first-order chi connectivity index (χ1) is 15.3. The summed E-state index contributed by atoms with van der Waals surface area (Å²) in [4.78, 5) is 14.0. The van der Waals surface area contributed by atoms with Crippen LogP contribution >= 0.6 is 0 Å². The summed E-state index contributed by atoms with van der Waals surface area (Å²) >= 11 is 0. The van der Waals surface area contributed by atoms with E-state index in [0.717, 1.165) is 6.07 Å². The van der Waals surface area contributed by atoms with Crippen molar-refractivity contribution in [2.24, 2.45) is 0 Å². The Morgan fingerprint density at radius 2 is 1.53 bits per heavy atom. The standard InChI is InChI=1S/C23H23F2N3O3S/c1-28(22-10-5-3-8-20(22)25)16-6-15-26-23(29)17-11-13-18(14-12-17)32(30,31)27-21-9-4-2-7-19(21)24/h2-5,7-14,27H,6,15-16H2,1H3,(H,26,29). The fraction of sp³-hybridized carbons (Fsp3) is 0.174.